The normalized spacial score (nSPS) is 15.3. The third-order valence-electron chi connectivity index (χ3n) is 10.1. The van der Waals surface area contributed by atoms with E-state index >= 15 is 4.39 Å². The molecule has 0 spiro atoms. The van der Waals surface area contributed by atoms with Crippen molar-refractivity contribution < 1.29 is 62.6 Å². The van der Waals surface area contributed by atoms with Gasteiger partial charge in [-0.25, -0.2) is 23.6 Å². The molecule has 1 aliphatic rings. The topological polar surface area (TPSA) is 183 Å². The molecule has 0 saturated heterocycles. The zero-order valence-corrected chi connectivity index (χ0v) is 33.2. The second-order valence-corrected chi connectivity index (χ2v) is 13.8. The zero-order chi connectivity index (χ0) is 40.9. The smallest absolute Gasteiger partial charge is 0.356 e. The van der Waals surface area contributed by atoms with Crippen molar-refractivity contribution in [2.24, 2.45) is 0 Å². The Bertz CT molecular complexity index is 2210. The van der Waals surface area contributed by atoms with Crippen LogP contribution >= 0.6 is 15.9 Å². The molecule has 0 fully saturated rings. The summed E-state index contributed by atoms with van der Waals surface area (Å²) in [5.74, 6) is -7.69. The number of aliphatic hydroxyl groups is 1. The first-order valence-electron chi connectivity index (χ1n) is 16.6. The van der Waals surface area contributed by atoms with Crippen molar-refractivity contribution in [2.45, 2.75) is 81.3 Å². The van der Waals surface area contributed by atoms with E-state index in [-0.39, 0.29) is 67.1 Å². The number of aromatic carboxylic acids is 1. The van der Waals surface area contributed by atoms with Gasteiger partial charge >= 0.3 is 23.9 Å². The largest absolute Gasteiger partial charge is 0.506 e. The van der Waals surface area contributed by atoms with Crippen LogP contribution in [-0.2, 0) is 20.7 Å². The molecule has 12 nitrogen and oxygen atoms in total. The van der Waals surface area contributed by atoms with Crippen LogP contribution in [0.5, 0.6) is 23.0 Å². The van der Waals surface area contributed by atoms with Gasteiger partial charge in [-0.2, -0.15) is 0 Å². The minimum atomic E-state index is -2.47. The lowest BCUT2D eigenvalue weighted by atomic mass is 9.87. The predicted octanol–water partition coefficient (Wildman–Crippen LogP) is 7.16. The molecule has 0 unspecified atom stereocenters. The molecule has 3 N–H and O–H groups in total. The molecule has 1 aliphatic carbocycles. The Kier molecular flexibility index (Phi) is 11.6. The number of phenols is 1. The van der Waals surface area contributed by atoms with Crippen LogP contribution in [0, 0.1) is 61.2 Å². The SMILES string of the molecule is CCc1c(C)c(OC(=O)c2c(C)c(C)c(OC(=O)[C@@]3(O)C(C)=CC(=O)C=C3OC)c(Br)c2O)c(F)c(C)c1C(=O)Oc1c(C)c(C)c(C(=O)O)c(C)c1C. The van der Waals surface area contributed by atoms with Crippen LogP contribution in [0.3, 0.4) is 0 Å². The molecule has 3 aromatic rings. The molecule has 286 valence electrons. The Balaban J connectivity index is 1.73. The molecule has 0 amide bonds. The molecule has 0 aromatic heterocycles. The van der Waals surface area contributed by atoms with Crippen molar-refractivity contribution in [2.75, 3.05) is 7.11 Å². The van der Waals surface area contributed by atoms with Crippen molar-refractivity contribution in [1.82, 2.24) is 0 Å². The van der Waals surface area contributed by atoms with Crippen molar-refractivity contribution >= 4 is 45.6 Å². The van der Waals surface area contributed by atoms with E-state index < -0.39 is 58.1 Å². The maximum absolute atomic E-state index is 16.2. The van der Waals surface area contributed by atoms with Crippen molar-refractivity contribution in [3.8, 4) is 23.0 Å². The van der Waals surface area contributed by atoms with Gasteiger partial charge in [-0.3, -0.25) is 4.79 Å². The number of carboxylic acid groups (broad SMARTS) is 1. The monoisotopic (exact) mass is 810 g/mol. The van der Waals surface area contributed by atoms with Crippen LogP contribution in [-0.4, -0.2) is 57.7 Å². The summed E-state index contributed by atoms with van der Waals surface area (Å²) in [5, 5.41) is 32.2. The first kappa shape index (κ1) is 41.4. The molecule has 0 bridgehead atoms. The molecular weight excluding hydrogens is 771 g/mol. The second-order valence-electron chi connectivity index (χ2n) is 13.0. The number of allylic oxidation sites excluding steroid dienone is 2. The molecule has 1 atom stereocenters. The first-order chi connectivity index (χ1) is 25.1. The fourth-order valence-electron chi connectivity index (χ4n) is 6.59. The van der Waals surface area contributed by atoms with E-state index in [0.29, 0.717) is 27.8 Å². The van der Waals surface area contributed by atoms with Gasteiger partial charge in [-0.1, -0.05) is 6.92 Å². The molecule has 14 heteroatoms. The summed E-state index contributed by atoms with van der Waals surface area (Å²) in [6, 6.07) is 0. The number of hydrogen-bond acceptors (Lipinski definition) is 11. The predicted molar refractivity (Wildman–Crippen MR) is 197 cm³/mol. The molecule has 4 rings (SSSR count). The fourth-order valence-corrected chi connectivity index (χ4v) is 7.16. The standard InChI is InChI=1S/C40H40BrFO12/c1-12-25-22(9)35(31(42)23(10)28(25)37(47)52-33-19(6)16(3)27(36(45)46)17(4)20(33)7)53-38(48)29-18(5)21(8)34(30(41)32(29)44)54-39(49)40(50)15(2)13-24(43)14-26(40)51-11/h13-14,44,50H,12H2,1-11H3,(H,45,46)/t40-/m1/s1. The van der Waals surface area contributed by atoms with Gasteiger partial charge in [0.15, 0.2) is 23.1 Å². The molecule has 54 heavy (non-hydrogen) atoms. The van der Waals surface area contributed by atoms with Crippen molar-refractivity contribution in [3.63, 3.8) is 0 Å². The number of halogens is 2. The van der Waals surface area contributed by atoms with E-state index in [9.17, 15) is 39.3 Å². The fraction of sp³-hybridized carbons (Fsp3) is 0.325. The zero-order valence-electron chi connectivity index (χ0n) is 31.6. The molecule has 0 saturated carbocycles. The van der Waals surface area contributed by atoms with Crippen LogP contribution in [0.2, 0.25) is 0 Å². The van der Waals surface area contributed by atoms with Gasteiger partial charge < -0.3 is 34.3 Å². The molecular formula is C40H40BrFO12. The van der Waals surface area contributed by atoms with Gasteiger partial charge in [0.2, 0.25) is 5.60 Å². The van der Waals surface area contributed by atoms with E-state index in [1.807, 2.05) is 0 Å². The number of carbonyl (C=O) groups is 5. The van der Waals surface area contributed by atoms with Crippen LogP contribution in [0.25, 0.3) is 0 Å². The minimum absolute atomic E-state index is 0.0741. The Hall–Kier alpha value is -5.34. The summed E-state index contributed by atoms with van der Waals surface area (Å²) < 4.78 is 38.0. The van der Waals surface area contributed by atoms with Gasteiger partial charge in [-0.15, -0.1) is 0 Å². The molecule has 0 heterocycles. The third kappa shape index (κ3) is 6.68. The van der Waals surface area contributed by atoms with Gasteiger partial charge in [0.1, 0.15) is 27.3 Å². The van der Waals surface area contributed by atoms with E-state index in [0.717, 1.165) is 19.3 Å². The summed E-state index contributed by atoms with van der Waals surface area (Å²) in [7, 11) is 1.16. The number of rotatable bonds is 9. The van der Waals surface area contributed by atoms with E-state index in [1.165, 1.54) is 34.6 Å². The van der Waals surface area contributed by atoms with Gasteiger partial charge in [0.25, 0.3) is 0 Å². The summed E-state index contributed by atoms with van der Waals surface area (Å²) in [5.41, 5.74) is -0.715. The van der Waals surface area contributed by atoms with Crippen LogP contribution in [0.1, 0.15) is 95.0 Å². The van der Waals surface area contributed by atoms with Crippen LogP contribution in [0.4, 0.5) is 4.39 Å². The highest BCUT2D eigenvalue weighted by Crippen LogP contribution is 2.44. The van der Waals surface area contributed by atoms with Crippen molar-refractivity contribution in [1.29, 1.82) is 0 Å². The summed E-state index contributed by atoms with van der Waals surface area (Å²) in [6.45, 7) is 15.2. The lowest BCUT2D eigenvalue weighted by Crippen LogP contribution is -2.47. The van der Waals surface area contributed by atoms with Gasteiger partial charge in [0.05, 0.1) is 18.2 Å². The average molecular weight is 812 g/mol. The number of carbonyl (C=O) groups excluding carboxylic acids is 4. The van der Waals surface area contributed by atoms with Gasteiger partial charge in [-0.05, 0) is 141 Å². The number of benzene rings is 3. The Morgan fingerprint density at radius 1 is 0.722 bits per heavy atom. The number of phenolic OH excluding ortho intramolecular Hbond substituents is 1. The second kappa shape index (κ2) is 15.2. The number of carboxylic acids is 1. The highest BCUT2D eigenvalue weighted by molar-refractivity contribution is 9.10. The highest BCUT2D eigenvalue weighted by atomic mass is 79.9. The Morgan fingerprint density at radius 2 is 1.22 bits per heavy atom. The van der Waals surface area contributed by atoms with Crippen LogP contribution in [0.15, 0.2) is 28.0 Å². The quantitative estimate of drug-likeness (QED) is 0.147. The number of esters is 3. The maximum Gasteiger partial charge on any atom is 0.356 e. The maximum atomic E-state index is 16.2. The number of ether oxygens (including phenoxy) is 4. The molecule has 0 radical (unpaired) electrons. The minimum Gasteiger partial charge on any atom is -0.506 e. The Labute approximate surface area is 319 Å². The molecule has 3 aromatic carbocycles. The number of aromatic hydroxyl groups is 1. The van der Waals surface area contributed by atoms with Crippen LogP contribution < -0.4 is 14.2 Å². The number of hydrogen-bond donors (Lipinski definition) is 3. The first-order valence-corrected chi connectivity index (χ1v) is 17.4. The third-order valence-corrected chi connectivity index (χ3v) is 10.8. The van der Waals surface area contributed by atoms with E-state index in [2.05, 4.69) is 15.9 Å². The number of ketones is 1. The number of methoxy groups -OCH3 is 1. The highest BCUT2D eigenvalue weighted by Gasteiger charge is 2.48. The summed E-state index contributed by atoms with van der Waals surface area (Å²) >= 11 is 3.16. The van der Waals surface area contributed by atoms with E-state index in [1.54, 1.807) is 34.6 Å². The lowest BCUT2D eigenvalue weighted by Gasteiger charge is -2.30. The van der Waals surface area contributed by atoms with E-state index in [4.69, 9.17) is 18.9 Å². The van der Waals surface area contributed by atoms with Crippen molar-refractivity contribution in [3.05, 3.63) is 101 Å². The summed E-state index contributed by atoms with van der Waals surface area (Å²) in [4.78, 5) is 64.7. The Morgan fingerprint density at radius 3 is 1.74 bits per heavy atom. The molecule has 0 aliphatic heterocycles. The van der Waals surface area contributed by atoms with Gasteiger partial charge in [0, 0.05) is 11.6 Å². The summed E-state index contributed by atoms with van der Waals surface area (Å²) in [6.07, 6.45) is 2.17. The lowest BCUT2D eigenvalue weighted by molar-refractivity contribution is -0.151. The average Bonchev–Trinajstić information content (AvgIpc) is 3.11.